The average molecular weight is 284 g/mol. The van der Waals surface area contributed by atoms with Gasteiger partial charge in [0.05, 0.1) is 6.04 Å². The van der Waals surface area contributed by atoms with Crippen LogP contribution in [0.1, 0.15) is 58.8 Å². The molecule has 1 saturated heterocycles. The lowest BCUT2D eigenvalue weighted by Crippen LogP contribution is -2.46. The predicted molar refractivity (Wildman–Crippen MR) is 82.6 cm³/mol. The number of amides is 1. The number of carbonyl (C=O) groups is 1. The van der Waals surface area contributed by atoms with Crippen LogP contribution in [0.15, 0.2) is 0 Å². The Hall–Kier alpha value is -0.610. The van der Waals surface area contributed by atoms with Gasteiger partial charge in [0.25, 0.3) is 0 Å². The third-order valence-electron chi connectivity index (χ3n) is 4.24. The molecule has 0 saturated carbocycles. The van der Waals surface area contributed by atoms with Crippen LogP contribution in [0.2, 0.25) is 0 Å². The lowest BCUT2D eigenvalue weighted by atomic mass is 10.00. The summed E-state index contributed by atoms with van der Waals surface area (Å²) in [6, 6.07) is -0.105. The Morgan fingerprint density at radius 1 is 1.20 bits per heavy atom. The molecule has 1 aliphatic heterocycles. The van der Waals surface area contributed by atoms with Gasteiger partial charge in [0.1, 0.15) is 0 Å². The maximum atomic E-state index is 12.4. The van der Waals surface area contributed by atoms with Crippen molar-refractivity contribution in [1.29, 1.82) is 0 Å². The first-order chi connectivity index (χ1) is 9.69. The first-order valence-electron chi connectivity index (χ1n) is 8.32. The molecule has 1 fully saturated rings. The van der Waals surface area contributed by atoms with E-state index in [1.54, 1.807) is 0 Å². The molecule has 0 aromatic heterocycles. The van der Waals surface area contributed by atoms with Crippen molar-refractivity contribution in [3.8, 4) is 0 Å². The number of hydrogen-bond donors (Lipinski definition) is 2. The minimum atomic E-state index is -0.105. The van der Waals surface area contributed by atoms with Crippen LogP contribution in [0.3, 0.4) is 0 Å². The summed E-state index contributed by atoms with van der Waals surface area (Å²) in [5.41, 5.74) is 0. The van der Waals surface area contributed by atoms with Gasteiger partial charge in [0.2, 0.25) is 5.91 Å². The van der Waals surface area contributed by atoms with Crippen molar-refractivity contribution in [2.75, 3.05) is 26.2 Å². The third kappa shape index (κ3) is 6.23. The van der Waals surface area contributed by atoms with E-state index in [4.69, 9.17) is 5.11 Å². The lowest BCUT2D eigenvalue weighted by Gasteiger charge is -2.26. The highest BCUT2D eigenvalue weighted by Crippen LogP contribution is 2.12. The molecule has 118 valence electrons. The van der Waals surface area contributed by atoms with Gasteiger partial charge in [0.15, 0.2) is 0 Å². The van der Waals surface area contributed by atoms with Gasteiger partial charge < -0.3 is 15.3 Å². The van der Waals surface area contributed by atoms with Crippen LogP contribution >= 0.6 is 0 Å². The number of likely N-dealkylation sites (tertiary alicyclic amines) is 1. The van der Waals surface area contributed by atoms with Gasteiger partial charge in [0, 0.05) is 19.7 Å². The van der Waals surface area contributed by atoms with Crippen LogP contribution in [0.25, 0.3) is 0 Å². The monoisotopic (exact) mass is 284 g/mol. The molecule has 2 N–H and O–H groups in total. The van der Waals surface area contributed by atoms with Crippen molar-refractivity contribution in [2.45, 2.75) is 64.8 Å². The maximum absolute atomic E-state index is 12.4. The molecule has 2 unspecified atom stereocenters. The molecule has 1 amide bonds. The Morgan fingerprint density at radius 2 is 1.85 bits per heavy atom. The van der Waals surface area contributed by atoms with E-state index in [0.717, 1.165) is 51.7 Å². The van der Waals surface area contributed by atoms with Gasteiger partial charge in [-0.05, 0) is 45.1 Å². The van der Waals surface area contributed by atoms with Crippen molar-refractivity contribution in [1.82, 2.24) is 10.2 Å². The Morgan fingerprint density at radius 3 is 2.40 bits per heavy atom. The summed E-state index contributed by atoms with van der Waals surface area (Å²) in [4.78, 5) is 14.4. The maximum Gasteiger partial charge on any atom is 0.239 e. The van der Waals surface area contributed by atoms with E-state index in [-0.39, 0.29) is 18.6 Å². The number of hydrogen-bond acceptors (Lipinski definition) is 3. The fourth-order valence-electron chi connectivity index (χ4n) is 2.93. The van der Waals surface area contributed by atoms with E-state index in [1.807, 2.05) is 11.8 Å². The molecule has 0 aromatic carbocycles. The first-order valence-corrected chi connectivity index (χ1v) is 8.32. The Kier molecular flexibility index (Phi) is 8.86. The average Bonchev–Trinajstić information content (AvgIpc) is 2.73. The summed E-state index contributed by atoms with van der Waals surface area (Å²) in [5, 5.41) is 12.4. The third-order valence-corrected chi connectivity index (χ3v) is 4.24. The number of nitrogens with zero attached hydrogens (tertiary/aromatic N) is 1. The second kappa shape index (κ2) is 10.2. The predicted octanol–water partition coefficient (Wildman–Crippen LogP) is 2.17. The molecule has 20 heavy (non-hydrogen) atoms. The summed E-state index contributed by atoms with van der Waals surface area (Å²) in [5.74, 6) is 0.718. The van der Waals surface area contributed by atoms with Crippen molar-refractivity contribution in [3.63, 3.8) is 0 Å². The standard InChI is InChI=1S/C16H32N2O2/c1-3-8-15(9-12-19)13-17-14(2)16(20)18-10-6-4-5-7-11-18/h14-15,17,19H,3-13H2,1-2H3. The Labute approximate surface area is 123 Å². The van der Waals surface area contributed by atoms with Crippen LogP contribution in [-0.4, -0.2) is 48.2 Å². The summed E-state index contributed by atoms with van der Waals surface area (Å²) in [6.45, 7) is 7.03. The van der Waals surface area contributed by atoms with Gasteiger partial charge in [-0.25, -0.2) is 0 Å². The molecule has 1 heterocycles. The molecule has 0 aromatic rings. The molecule has 0 aliphatic carbocycles. The molecular formula is C16H32N2O2. The van der Waals surface area contributed by atoms with Gasteiger partial charge in [-0.15, -0.1) is 0 Å². The zero-order valence-corrected chi connectivity index (χ0v) is 13.2. The number of aliphatic hydroxyl groups excluding tert-OH is 1. The molecule has 0 spiro atoms. The Bertz CT molecular complexity index is 257. The minimum absolute atomic E-state index is 0.105. The molecule has 2 atom stereocenters. The van der Waals surface area contributed by atoms with Gasteiger partial charge in [-0.1, -0.05) is 26.2 Å². The van der Waals surface area contributed by atoms with Crippen LogP contribution in [0.5, 0.6) is 0 Å². The van der Waals surface area contributed by atoms with Crippen LogP contribution in [0.4, 0.5) is 0 Å². The summed E-state index contributed by atoms with van der Waals surface area (Å²) in [6.07, 6.45) is 7.84. The van der Waals surface area contributed by atoms with Gasteiger partial charge >= 0.3 is 0 Å². The lowest BCUT2D eigenvalue weighted by molar-refractivity contribution is -0.133. The zero-order chi connectivity index (χ0) is 14.8. The van der Waals surface area contributed by atoms with Crippen LogP contribution in [0, 0.1) is 5.92 Å². The molecule has 4 heteroatoms. The zero-order valence-electron chi connectivity index (χ0n) is 13.2. The molecular weight excluding hydrogens is 252 g/mol. The molecule has 1 aliphatic rings. The first kappa shape index (κ1) is 17.4. The van der Waals surface area contributed by atoms with E-state index in [2.05, 4.69) is 12.2 Å². The van der Waals surface area contributed by atoms with E-state index < -0.39 is 0 Å². The van der Waals surface area contributed by atoms with E-state index in [0.29, 0.717) is 5.92 Å². The summed E-state index contributed by atoms with van der Waals surface area (Å²) < 4.78 is 0. The fourth-order valence-corrected chi connectivity index (χ4v) is 2.93. The number of nitrogens with one attached hydrogen (secondary N) is 1. The minimum Gasteiger partial charge on any atom is -0.396 e. The molecule has 1 rings (SSSR count). The quantitative estimate of drug-likeness (QED) is 0.718. The Balaban J connectivity index is 2.35. The van der Waals surface area contributed by atoms with Crippen molar-refractivity contribution in [3.05, 3.63) is 0 Å². The smallest absolute Gasteiger partial charge is 0.239 e. The van der Waals surface area contributed by atoms with E-state index in [9.17, 15) is 4.79 Å². The highest BCUT2D eigenvalue weighted by molar-refractivity contribution is 5.81. The summed E-state index contributed by atoms with van der Waals surface area (Å²) in [7, 11) is 0. The van der Waals surface area contributed by atoms with Gasteiger partial charge in [-0.3, -0.25) is 4.79 Å². The topological polar surface area (TPSA) is 52.6 Å². The second-order valence-corrected chi connectivity index (χ2v) is 6.04. The fraction of sp³-hybridized carbons (Fsp3) is 0.938. The number of rotatable bonds is 8. The van der Waals surface area contributed by atoms with Crippen molar-refractivity contribution < 1.29 is 9.90 Å². The van der Waals surface area contributed by atoms with Crippen molar-refractivity contribution >= 4 is 5.91 Å². The SMILES string of the molecule is CCCC(CCO)CNC(C)C(=O)N1CCCCCC1. The van der Waals surface area contributed by atoms with Crippen LogP contribution < -0.4 is 5.32 Å². The van der Waals surface area contributed by atoms with E-state index in [1.165, 1.54) is 12.8 Å². The molecule has 4 nitrogen and oxygen atoms in total. The highest BCUT2D eigenvalue weighted by atomic mass is 16.3. The van der Waals surface area contributed by atoms with Gasteiger partial charge in [-0.2, -0.15) is 0 Å². The molecule has 0 bridgehead atoms. The highest BCUT2D eigenvalue weighted by Gasteiger charge is 2.21. The normalized spacial score (nSPS) is 19.4. The summed E-state index contributed by atoms with van der Waals surface area (Å²) >= 11 is 0. The van der Waals surface area contributed by atoms with Crippen LogP contribution in [-0.2, 0) is 4.79 Å². The number of carbonyl (C=O) groups excluding carboxylic acids is 1. The second-order valence-electron chi connectivity index (χ2n) is 6.04. The van der Waals surface area contributed by atoms with E-state index >= 15 is 0 Å². The molecule has 0 radical (unpaired) electrons. The van der Waals surface area contributed by atoms with Crippen molar-refractivity contribution in [2.24, 2.45) is 5.92 Å². The number of aliphatic hydroxyl groups is 1. The largest absolute Gasteiger partial charge is 0.396 e.